The monoisotopic (exact) mass is 482 g/mol. The summed E-state index contributed by atoms with van der Waals surface area (Å²) in [6.07, 6.45) is 3.35. The van der Waals surface area contributed by atoms with Gasteiger partial charge in [0, 0.05) is 24.4 Å². The number of benzene rings is 2. The van der Waals surface area contributed by atoms with Crippen molar-refractivity contribution < 1.29 is 22.8 Å². The Bertz CT molecular complexity index is 1510. The van der Waals surface area contributed by atoms with Crippen molar-refractivity contribution in [3.63, 3.8) is 0 Å². The van der Waals surface area contributed by atoms with E-state index in [1.54, 1.807) is 44.0 Å². The molecule has 0 fully saturated rings. The van der Waals surface area contributed by atoms with Crippen molar-refractivity contribution in [2.45, 2.75) is 26.8 Å². The van der Waals surface area contributed by atoms with Crippen LogP contribution in [0.25, 0.3) is 22.3 Å². The fraction of sp³-hybridized carbons (Fsp3) is 0.240. The number of aryl methyl sites for hydroxylation is 2. The molecule has 4 rings (SSSR count). The summed E-state index contributed by atoms with van der Waals surface area (Å²) in [5.74, 6) is -3.05. The summed E-state index contributed by atoms with van der Waals surface area (Å²) in [5.41, 5.74) is 4.18. The quantitative estimate of drug-likeness (QED) is 0.391. The van der Waals surface area contributed by atoms with E-state index in [4.69, 9.17) is 4.42 Å². The number of aromatic nitrogens is 2. The number of anilines is 1. The van der Waals surface area contributed by atoms with Crippen molar-refractivity contribution >= 4 is 22.6 Å². The lowest BCUT2D eigenvalue weighted by Gasteiger charge is -2.20. The lowest BCUT2D eigenvalue weighted by molar-refractivity contribution is 0.0533. The van der Waals surface area contributed by atoms with Gasteiger partial charge in [-0.2, -0.15) is 5.10 Å². The van der Waals surface area contributed by atoms with Crippen LogP contribution in [0.3, 0.4) is 0 Å². The molecule has 0 spiro atoms. The molecule has 182 valence electrons. The fourth-order valence-electron chi connectivity index (χ4n) is 4.05. The van der Waals surface area contributed by atoms with E-state index in [9.17, 15) is 18.4 Å². The fourth-order valence-corrected chi connectivity index (χ4v) is 4.05. The Balaban J connectivity index is 1.86. The molecular weight excluding hydrogens is 458 g/mol. The van der Waals surface area contributed by atoms with Crippen LogP contribution in [0, 0.1) is 25.5 Å². The Labute approximate surface area is 199 Å². The summed E-state index contributed by atoms with van der Waals surface area (Å²) in [6.45, 7) is 5.30. The van der Waals surface area contributed by atoms with E-state index in [1.165, 1.54) is 13.2 Å². The number of carbonyl (C=O) groups excluding carboxylic acids is 1. The van der Waals surface area contributed by atoms with Gasteiger partial charge in [0.15, 0.2) is 17.1 Å². The normalized spacial score (nSPS) is 12.1. The molecule has 1 atom stereocenters. The average Bonchev–Trinajstić information content (AvgIpc) is 3.24. The first kappa shape index (κ1) is 24.1. The van der Waals surface area contributed by atoms with Gasteiger partial charge in [-0.3, -0.25) is 19.1 Å². The van der Waals surface area contributed by atoms with Gasteiger partial charge in [-0.25, -0.2) is 14.3 Å². The predicted molar refractivity (Wildman–Crippen MR) is 127 cm³/mol. The van der Waals surface area contributed by atoms with Crippen LogP contribution in [0.2, 0.25) is 0 Å². The number of hydrogen-bond acceptors (Lipinski definition) is 6. The van der Waals surface area contributed by atoms with Crippen molar-refractivity contribution in [3.05, 3.63) is 80.8 Å². The zero-order valence-electron chi connectivity index (χ0n) is 19.8. The summed E-state index contributed by atoms with van der Waals surface area (Å²) in [5, 5.41) is 7.60. The first-order valence-corrected chi connectivity index (χ1v) is 10.8. The second kappa shape index (κ2) is 9.30. The number of nitrogens with zero attached hydrogens (tertiary/aromatic N) is 2. The molecule has 2 aromatic carbocycles. The minimum absolute atomic E-state index is 0.0440. The largest absolute Gasteiger partial charge is 0.455 e. The smallest absolute Gasteiger partial charge is 0.280 e. The molecule has 35 heavy (non-hydrogen) atoms. The Hall–Kier alpha value is -4.05. The maximum Gasteiger partial charge on any atom is 0.280 e. The first-order chi connectivity index (χ1) is 16.6. The highest BCUT2D eigenvalue weighted by Crippen LogP contribution is 2.33. The number of hydrogen-bond donors (Lipinski definition) is 2. The second-order valence-electron chi connectivity index (χ2n) is 8.30. The third kappa shape index (κ3) is 4.40. The SMILES string of the molecule is CONC(=O)c1c(N[C@H](C)c2cc(C)cc3c(=O)c(C)c(-c4cnn(C)c4)oc23)ccc(F)c1F. The van der Waals surface area contributed by atoms with E-state index in [0.29, 0.717) is 33.4 Å². The highest BCUT2D eigenvalue weighted by atomic mass is 19.2. The molecule has 8 nitrogen and oxygen atoms in total. The van der Waals surface area contributed by atoms with Crippen molar-refractivity contribution in [2.75, 3.05) is 12.4 Å². The van der Waals surface area contributed by atoms with Crippen LogP contribution in [0.5, 0.6) is 0 Å². The molecule has 0 radical (unpaired) electrons. The zero-order valence-corrected chi connectivity index (χ0v) is 19.8. The summed E-state index contributed by atoms with van der Waals surface area (Å²) in [4.78, 5) is 30.2. The van der Waals surface area contributed by atoms with Gasteiger partial charge in [-0.15, -0.1) is 0 Å². The van der Waals surface area contributed by atoms with Crippen LogP contribution in [0.1, 0.15) is 40.0 Å². The Morgan fingerprint density at radius 1 is 1.23 bits per heavy atom. The molecular formula is C25H24F2N4O4. The topological polar surface area (TPSA) is 98.4 Å². The molecule has 1 amide bonds. The van der Waals surface area contributed by atoms with E-state index in [0.717, 1.165) is 11.6 Å². The maximum absolute atomic E-state index is 14.5. The molecule has 4 aromatic rings. The van der Waals surface area contributed by atoms with Gasteiger partial charge < -0.3 is 9.73 Å². The Morgan fingerprint density at radius 3 is 2.63 bits per heavy atom. The lowest BCUT2D eigenvalue weighted by Crippen LogP contribution is -2.25. The molecule has 0 saturated heterocycles. The maximum atomic E-state index is 14.5. The van der Waals surface area contributed by atoms with E-state index >= 15 is 0 Å². The number of hydroxylamine groups is 1. The van der Waals surface area contributed by atoms with Crippen molar-refractivity contribution in [2.24, 2.45) is 7.05 Å². The summed E-state index contributed by atoms with van der Waals surface area (Å²) >= 11 is 0. The van der Waals surface area contributed by atoms with Gasteiger partial charge in [-0.05, 0) is 44.5 Å². The minimum atomic E-state index is -1.31. The van der Waals surface area contributed by atoms with E-state index in [2.05, 4.69) is 15.3 Å². The number of rotatable bonds is 6. The van der Waals surface area contributed by atoms with Gasteiger partial charge in [0.1, 0.15) is 16.9 Å². The van der Waals surface area contributed by atoms with Gasteiger partial charge in [0.2, 0.25) is 0 Å². The second-order valence-corrected chi connectivity index (χ2v) is 8.30. The lowest BCUT2D eigenvalue weighted by atomic mass is 9.99. The van der Waals surface area contributed by atoms with Crippen molar-refractivity contribution in [3.8, 4) is 11.3 Å². The molecule has 2 N–H and O–H groups in total. The van der Waals surface area contributed by atoms with Crippen LogP contribution in [0.4, 0.5) is 14.5 Å². The summed E-state index contributed by atoms with van der Waals surface area (Å²) in [7, 11) is 2.95. The molecule has 0 unspecified atom stereocenters. The highest BCUT2D eigenvalue weighted by Gasteiger charge is 2.24. The van der Waals surface area contributed by atoms with Crippen LogP contribution < -0.4 is 16.2 Å². The van der Waals surface area contributed by atoms with Gasteiger partial charge >= 0.3 is 0 Å². The Morgan fingerprint density at radius 2 is 1.97 bits per heavy atom. The number of halogens is 2. The predicted octanol–water partition coefficient (Wildman–Crippen LogP) is 4.55. The average molecular weight is 482 g/mol. The number of fused-ring (bicyclic) bond motifs is 1. The van der Waals surface area contributed by atoms with E-state index < -0.39 is 29.1 Å². The van der Waals surface area contributed by atoms with Gasteiger partial charge in [0.05, 0.1) is 36.0 Å². The molecule has 0 aliphatic heterocycles. The first-order valence-electron chi connectivity index (χ1n) is 10.8. The molecule has 2 heterocycles. The molecule has 10 heteroatoms. The van der Waals surface area contributed by atoms with Crippen LogP contribution in [0.15, 0.2) is 45.9 Å². The number of nitrogens with one attached hydrogen (secondary N) is 2. The number of amides is 1. The van der Waals surface area contributed by atoms with Gasteiger partial charge in [0.25, 0.3) is 5.91 Å². The minimum Gasteiger partial charge on any atom is -0.455 e. The summed E-state index contributed by atoms with van der Waals surface area (Å²) < 4.78 is 36.3. The third-order valence-corrected chi connectivity index (χ3v) is 5.71. The van der Waals surface area contributed by atoms with Gasteiger partial charge in [-0.1, -0.05) is 6.07 Å². The highest BCUT2D eigenvalue weighted by molar-refractivity contribution is 5.99. The van der Waals surface area contributed by atoms with E-state index in [1.807, 2.05) is 18.5 Å². The molecule has 0 bridgehead atoms. The summed E-state index contributed by atoms with van der Waals surface area (Å²) in [6, 6.07) is 5.20. The molecule has 0 aliphatic rings. The van der Waals surface area contributed by atoms with Crippen molar-refractivity contribution in [1.29, 1.82) is 0 Å². The standard InChI is InChI=1S/C25H24F2N4O4/c1-12-8-16(14(3)29-19-7-6-18(26)21(27)20(19)25(33)30-34-5)24-17(9-12)22(32)13(2)23(35-24)15-10-28-31(4)11-15/h6-11,14,29H,1-5H3,(H,30,33)/t14-/m1/s1. The third-order valence-electron chi connectivity index (χ3n) is 5.71. The van der Waals surface area contributed by atoms with Crippen molar-refractivity contribution in [1.82, 2.24) is 15.3 Å². The zero-order chi connectivity index (χ0) is 25.4. The number of carbonyl (C=O) groups is 1. The molecule has 0 saturated carbocycles. The van der Waals surface area contributed by atoms with Crippen LogP contribution in [-0.4, -0.2) is 22.8 Å². The van der Waals surface area contributed by atoms with Crippen LogP contribution >= 0.6 is 0 Å². The molecule has 0 aliphatic carbocycles. The Kier molecular flexibility index (Phi) is 6.40. The van der Waals surface area contributed by atoms with E-state index in [-0.39, 0.29) is 11.1 Å². The van der Waals surface area contributed by atoms with Crippen LogP contribution in [-0.2, 0) is 11.9 Å². The molecule has 2 aromatic heterocycles.